The molecule has 1 amide bonds. The topological polar surface area (TPSA) is 92.1 Å². The van der Waals surface area contributed by atoms with E-state index in [0.717, 1.165) is 36.8 Å². The third-order valence-corrected chi connectivity index (χ3v) is 7.15. The van der Waals surface area contributed by atoms with E-state index in [2.05, 4.69) is 20.5 Å². The molecule has 2 fully saturated rings. The average Bonchev–Trinajstić information content (AvgIpc) is 3.14. The third kappa shape index (κ3) is 2.86. The zero-order chi connectivity index (χ0) is 22.0. The molecule has 3 heterocycles. The van der Waals surface area contributed by atoms with Crippen LogP contribution in [0.2, 0.25) is 0 Å². The summed E-state index contributed by atoms with van der Waals surface area (Å²) >= 11 is 0. The van der Waals surface area contributed by atoms with E-state index in [1.807, 2.05) is 24.3 Å². The van der Waals surface area contributed by atoms with Crippen LogP contribution in [-0.2, 0) is 0 Å². The molecular weight excluding hydrogens is 409 g/mol. The standard InChI is InChI=1S/C24H22FN5O2/c1-13-6-15(25)12-30-19(11-26-21(13)30)23(32)27-16-9-24(10-16)7-14(8-24)20-17-4-2-3-5-18(17)22(31)29-28-20/h2-6,11-12,14,16H,7-10H2,1H3,(H,27,32)(H,29,31)/t14-,16-,24?. The van der Waals surface area contributed by atoms with Crippen molar-refractivity contribution in [2.45, 2.75) is 44.6 Å². The monoisotopic (exact) mass is 431 g/mol. The van der Waals surface area contributed by atoms with Crippen LogP contribution in [0.4, 0.5) is 4.39 Å². The maximum Gasteiger partial charge on any atom is 0.272 e. The fraction of sp³-hybridized carbons (Fsp3) is 0.333. The fourth-order valence-corrected chi connectivity index (χ4v) is 5.69. The van der Waals surface area contributed by atoms with Gasteiger partial charge in [-0.15, -0.1) is 0 Å². The number of imidazole rings is 1. The molecule has 2 N–H and O–H groups in total. The Morgan fingerprint density at radius 3 is 2.75 bits per heavy atom. The van der Waals surface area contributed by atoms with E-state index in [4.69, 9.17) is 0 Å². The van der Waals surface area contributed by atoms with Crippen molar-refractivity contribution < 1.29 is 9.18 Å². The first kappa shape index (κ1) is 19.2. The van der Waals surface area contributed by atoms with Crippen molar-refractivity contribution in [2.24, 2.45) is 5.41 Å². The number of H-pyrrole nitrogens is 1. The summed E-state index contributed by atoms with van der Waals surface area (Å²) in [5.74, 6) is -0.307. The maximum absolute atomic E-state index is 13.8. The Labute approximate surface area is 182 Å². The van der Waals surface area contributed by atoms with Gasteiger partial charge in [-0.25, -0.2) is 14.5 Å². The number of aryl methyl sites for hydroxylation is 1. The minimum atomic E-state index is -0.395. The van der Waals surface area contributed by atoms with Crippen LogP contribution in [0.5, 0.6) is 0 Å². The van der Waals surface area contributed by atoms with E-state index in [1.54, 1.807) is 6.92 Å². The van der Waals surface area contributed by atoms with E-state index >= 15 is 0 Å². The number of benzene rings is 1. The molecule has 4 aromatic rings. The summed E-state index contributed by atoms with van der Waals surface area (Å²) in [7, 11) is 0. The number of fused-ring (bicyclic) bond motifs is 2. The fourth-order valence-electron chi connectivity index (χ4n) is 5.69. The van der Waals surface area contributed by atoms with Crippen LogP contribution in [0.1, 0.15) is 53.3 Å². The van der Waals surface area contributed by atoms with Gasteiger partial charge in [0.15, 0.2) is 0 Å². The molecule has 0 atom stereocenters. The summed E-state index contributed by atoms with van der Waals surface area (Å²) in [6, 6.07) is 9.10. The number of nitrogens with zero attached hydrogens (tertiary/aromatic N) is 3. The van der Waals surface area contributed by atoms with Crippen molar-refractivity contribution in [1.82, 2.24) is 24.9 Å². The number of hydrogen-bond donors (Lipinski definition) is 2. The largest absolute Gasteiger partial charge is 0.348 e. The molecule has 1 spiro atoms. The van der Waals surface area contributed by atoms with Crippen LogP contribution in [0.3, 0.4) is 0 Å². The Kier molecular flexibility index (Phi) is 4.02. The molecule has 162 valence electrons. The Hall–Kier alpha value is -3.55. The van der Waals surface area contributed by atoms with Crippen LogP contribution >= 0.6 is 0 Å². The summed E-state index contributed by atoms with van der Waals surface area (Å²) in [5.41, 5.74) is 2.65. The number of nitrogens with one attached hydrogen (secondary N) is 2. The minimum absolute atomic E-state index is 0.101. The molecule has 1 aromatic carbocycles. The predicted molar refractivity (Wildman–Crippen MR) is 117 cm³/mol. The zero-order valence-electron chi connectivity index (χ0n) is 17.6. The Balaban J connectivity index is 1.13. The molecule has 2 aliphatic rings. The lowest BCUT2D eigenvalue weighted by Gasteiger charge is -2.57. The van der Waals surface area contributed by atoms with Gasteiger partial charge in [0.1, 0.15) is 17.2 Å². The van der Waals surface area contributed by atoms with Gasteiger partial charge in [-0.3, -0.25) is 14.0 Å². The molecule has 7 nitrogen and oxygen atoms in total. The first-order valence-corrected chi connectivity index (χ1v) is 10.8. The van der Waals surface area contributed by atoms with E-state index in [-0.39, 0.29) is 22.9 Å². The van der Waals surface area contributed by atoms with Crippen molar-refractivity contribution in [2.75, 3.05) is 0 Å². The lowest BCUT2D eigenvalue weighted by Crippen LogP contribution is -2.55. The van der Waals surface area contributed by atoms with Crippen molar-refractivity contribution in [3.8, 4) is 0 Å². The highest BCUT2D eigenvalue weighted by Gasteiger charge is 2.54. The second kappa shape index (κ2) is 6.72. The van der Waals surface area contributed by atoms with Crippen molar-refractivity contribution in [1.29, 1.82) is 0 Å². The van der Waals surface area contributed by atoms with Gasteiger partial charge in [0.05, 0.1) is 17.3 Å². The van der Waals surface area contributed by atoms with Gasteiger partial charge >= 0.3 is 0 Å². The third-order valence-electron chi connectivity index (χ3n) is 7.15. The van der Waals surface area contributed by atoms with Crippen LogP contribution in [0.25, 0.3) is 16.4 Å². The average molecular weight is 431 g/mol. The summed E-state index contributed by atoms with van der Waals surface area (Å²) in [6.45, 7) is 1.77. The number of carbonyl (C=O) groups is 1. The highest BCUT2D eigenvalue weighted by atomic mass is 19.1. The summed E-state index contributed by atoms with van der Waals surface area (Å²) in [5, 5.41) is 11.7. The number of pyridine rings is 1. The maximum atomic E-state index is 13.8. The van der Waals surface area contributed by atoms with Crippen molar-refractivity contribution in [3.05, 3.63) is 75.8 Å². The molecule has 6 rings (SSSR count). The van der Waals surface area contributed by atoms with E-state index < -0.39 is 5.82 Å². The lowest BCUT2D eigenvalue weighted by atomic mass is 9.49. The molecule has 2 aliphatic carbocycles. The SMILES string of the molecule is Cc1cc(F)cn2c(C(=O)N[C@H]3CC4(C3)C[C@H](c3n[nH]c(=O)c5ccccc53)C4)cnc12. The zero-order valence-corrected chi connectivity index (χ0v) is 17.6. The van der Waals surface area contributed by atoms with Crippen LogP contribution in [-0.4, -0.2) is 31.5 Å². The van der Waals surface area contributed by atoms with Crippen molar-refractivity contribution >= 4 is 22.3 Å². The second-order valence-electron chi connectivity index (χ2n) is 9.35. The van der Waals surface area contributed by atoms with E-state index in [1.165, 1.54) is 22.9 Å². The van der Waals surface area contributed by atoms with Crippen LogP contribution < -0.4 is 10.9 Å². The van der Waals surface area contributed by atoms with Crippen molar-refractivity contribution in [3.63, 3.8) is 0 Å². The minimum Gasteiger partial charge on any atom is -0.348 e. The molecule has 3 aromatic heterocycles. The van der Waals surface area contributed by atoms with Gasteiger partial charge in [0, 0.05) is 23.5 Å². The highest BCUT2D eigenvalue weighted by Crippen LogP contribution is 2.62. The predicted octanol–water partition coefficient (Wildman–Crippen LogP) is 3.47. The van der Waals surface area contributed by atoms with Gasteiger partial charge in [-0.2, -0.15) is 5.10 Å². The molecule has 8 heteroatoms. The Bertz CT molecular complexity index is 1440. The number of carbonyl (C=O) groups excluding carboxylic acids is 1. The smallest absolute Gasteiger partial charge is 0.272 e. The number of rotatable bonds is 3. The molecule has 0 bridgehead atoms. The first-order chi connectivity index (χ1) is 15.4. The number of aromatic amines is 1. The molecular formula is C24H22FN5O2. The summed E-state index contributed by atoms with van der Waals surface area (Å²) in [4.78, 5) is 29.1. The van der Waals surface area contributed by atoms with Gasteiger partial charge in [0.25, 0.3) is 11.5 Å². The first-order valence-electron chi connectivity index (χ1n) is 10.8. The molecule has 0 aliphatic heterocycles. The van der Waals surface area contributed by atoms with Crippen LogP contribution in [0, 0.1) is 18.2 Å². The van der Waals surface area contributed by atoms with Gasteiger partial charge in [-0.05, 0) is 55.7 Å². The number of hydrogen-bond acceptors (Lipinski definition) is 4. The Morgan fingerprint density at radius 2 is 1.97 bits per heavy atom. The van der Waals surface area contributed by atoms with Crippen LogP contribution in [0.15, 0.2) is 47.5 Å². The van der Waals surface area contributed by atoms with Gasteiger partial charge in [-0.1, -0.05) is 18.2 Å². The molecule has 0 radical (unpaired) electrons. The quantitative estimate of drug-likeness (QED) is 0.520. The number of amides is 1. The normalized spacial score (nSPS) is 24.4. The van der Waals surface area contributed by atoms with E-state index in [0.29, 0.717) is 28.2 Å². The Morgan fingerprint density at radius 1 is 1.22 bits per heavy atom. The number of halogens is 1. The molecule has 0 unspecified atom stereocenters. The lowest BCUT2D eigenvalue weighted by molar-refractivity contribution is -0.0197. The molecule has 2 saturated carbocycles. The number of aromatic nitrogens is 4. The molecule has 0 saturated heterocycles. The molecule has 32 heavy (non-hydrogen) atoms. The van der Waals surface area contributed by atoms with Gasteiger partial charge < -0.3 is 5.32 Å². The highest BCUT2D eigenvalue weighted by molar-refractivity contribution is 5.93. The van der Waals surface area contributed by atoms with Gasteiger partial charge in [0.2, 0.25) is 0 Å². The van der Waals surface area contributed by atoms with E-state index in [9.17, 15) is 14.0 Å². The summed E-state index contributed by atoms with van der Waals surface area (Å²) in [6.07, 6.45) is 6.63. The summed E-state index contributed by atoms with van der Waals surface area (Å²) < 4.78 is 15.3. The second-order valence-corrected chi connectivity index (χ2v) is 9.35.